The Balaban J connectivity index is 2.12. The quantitative estimate of drug-likeness (QED) is 0.244. The summed E-state index contributed by atoms with van der Waals surface area (Å²) < 4.78 is 0. The summed E-state index contributed by atoms with van der Waals surface area (Å²) in [4.78, 5) is 51.3. The molecule has 2 aromatic rings. The molecule has 174 valence electrons. The molecule has 0 fully saturated rings. The van der Waals surface area contributed by atoms with Crippen molar-refractivity contribution in [3.05, 3.63) is 36.0 Å². The lowest BCUT2D eigenvalue weighted by Gasteiger charge is -2.22. The highest BCUT2D eigenvalue weighted by atomic mass is 32.2. The second kappa shape index (κ2) is 12.1. The van der Waals surface area contributed by atoms with Gasteiger partial charge in [0.2, 0.25) is 17.7 Å². The van der Waals surface area contributed by atoms with Gasteiger partial charge in [-0.25, -0.2) is 4.79 Å². The van der Waals surface area contributed by atoms with Gasteiger partial charge in [-0.05, 0) is 36.5 Å². The Kier molecular flexibility index (Phi) is 9.54. The van der Waals surface area contributed by atoms with Gasteiger partial charge in [0.1, 0.15) is 12.1 Å². The number of benzene rings is 1. The van der Waals surface area contributed by atoms with Crippen LogP contribution in [0.2, 0.25) is 0 Å². The van der Waals surface area contributed by atoms with Crippen LogP contribution in [0.25, 0.3) is 10.9 Å². The summed E-state index contributed by atoms with van der Waals surface area (Å²) >= 11 is 1.53. The van der Waals surface area contributed by atoms with Gasteiger partial charge in [-0.1, -0.05) is 18.2 Å². The monoisotopic (exact) mass is 463 g/mol. The number of carbonyl (C=O) groups excluding carboxylic acids is 3. The molecule has 0 aliphatic carbocycles. The molecule has 0 saturated carbocycles. The van der Waals surface area contributed by atoms with Gasteiger partial charge < -0.3 is 32.2 Å². The average Bonchev–Trinajstić information content (AvgIpc) is 3.16. The van der Waals surface area contributed by atoms with Gasteiger partial charge >= 0.3 is 5.97 Å². The topological polar surface area (TPSA) is 180 Å². The number of aromatic amines is 1. The summed E-state index contributed by atoms with van der Waals surface area (Å²) in [6.07, 6.45) is 3.81. The number of carboxylic acid groups (broad SMARTS) is 1. The number of nitrogens with two attached hydrogens (primary N) is 2. The molecule has 0 radical (unpaired) electrons. The summed E-state index contributed by atoms with van der Waals surface area (Å²) in [5.41, 5.74) is 12.6. The number of fused-ring (bicyclic) bond motifs is 1. The molecule has 3 unspecified atom stereocenters. The number of rotatable bonds is 13. The Morgan fingerprint density at radius 3 is 2.44 bits per heavy atom. The van der Waals surface area contributed by atoms with Crippen molar-refractivity contribution in [3.63, 3.8) is 0 Å². The fourth-order valence-corrected chi connectivity index (χ4v) is 3.69. The number of thioether (sulfide) groups is 1. The minimum atomic E-state index is -1.24. The second-order valence-electron chi connectivity index (χ2n) is 7.42. The molecule has 1 aromatic heterocycles. The number of hydrogen-bond acceptors (Lipinski definition) is 6. The molecule has 32 heavy (non-hydrogen) atoms. The molecule has 0 saturated heterocycles. The first-order valence-corrected chi connectivity index (χ1v) is 11.5. The molecule has 3 atom stereocenters. The lowest BCUT2D eigenvalue weighted by atomic mass is 10.0. The maximum atomic E-state index is 12.8. The van der Waals surface area contributed by atoms with Crippen molar-refractivity contribution in [2.75, 3.05) is 12.0 Å². The van der Waals surface area contributed by atoms with E-state index in [1.165, 1.54) is 11.8 Å². The first-order valence-electron chi connectivity index (χ1n) is 10.1. The zero-order chi connectivity index (χ0) is 23.7. The van der Waals surface area contributed by atoms with Crippen molar-refractivity contribution in [2.24, 2.45) is 11.5 Å². The first kappa shape index (κ1) is 25.2. The standard InChI is InChI=1S/C21H29N5O5S/c1-32-9-8-14(22)19(28)25-16(6-7-18(23)27)20(29)26-17(21(30)31)10-12-11-24-15-5-3-2-4-13(12)15/h2-5,11,14,16-17,24H,6-10,22H2,1H3,(H2,23,27)(H,25,28)(H,26,29)(H,30,31). The largest absolute Gasteiger partial charge is 0.480 e. The molecule has 3 amide bonds. The van der Waals surface area contributed by atoms with Gasteiger partial charge in [0.25, 0.3) is 0 Å². The average molecular weight is 464 g/mol. The van der Waals surface area contributed by atoms with Crippen LogP contribution in [-0.2, 0) is 25.6 Å². The fraction of sp³-hybridized carbons (Fsp3) is 0.429. The molecule has 0 spiro atoms. The predicted molar refractivity (Wildman–Crippen MR) is 123 cm³/mol. The van der Waals surface area contributed by atoms with Crippen LogP contribution in [0.3, 0.4) is 0 Å². The van der Waals surface area contributed by atoms with Gasteiger partial charge in [-0.15, -0.1) is 0 Å². The number of carboxylic acids is 1. The molecule has 0 aliphatic heterocycles. The SMILES string of the molecule is CSCCC(N)C(=O)NC(CCC(N)=O)C(=O)NC(Cc1c[nH]c2ccccc12)C(=O)O. The molecule has 8 N–H and O–H groups in total. The van der Waals surface area contributed by atoms with E-state index in [0.29, 0.717) is 12.2 Å². The van der Waals surface area contributed by atoms with E-state index in [2.05, 4.69) is 15.6 Å². The number of carbonyl (C=O) groups is 4. The van der Waals surface area contributed by atoms with Gasteiger partial charge in [-0.2, -0.15) is 11.8 Å². The molecular weight excluding hydrogens is 434 g/mol. The molecular formula is C21H29N5O5S. The van der Waals surface area contributed by atoms with Crippen molar-refractivity contribution < 1.29 is 24.3 Å². The maximum Gasteiger partial charge on any atom is 0.326 e. The van der Waals surface area contributed by atoms with Gasteiger partial charge in [0, 0.05) is 29.9 Å². The summed E-state index contributed by atoms with van der Waals surface area (Å²) in [5, 5.41) is 15.5. The molecule has 0 aliphatic rings. The van der Waals surface area contributed by atoms with Gasteiger partial charge in [0.05, 0.1) is 6.04 Å². The number of aliphatic carboxylic acids is 1. The van der Waals surface area contributed by atoms with Crippen molar-refractivity contribution in [3.8, 4) is 0 Å². The van der Waals surface area contributed by atoms with E-state index >= 15 is 0 Å². The number of hydrogen-bond donors (Lipinski definition) is 6. The zero-order valence-corrected chi connectivity index (χ0v) is 18.6. The van der Waals surface area contributed by atoms with Gasteiger partial charge in [-0.3, -0.25) is 14.4 Å². The Hall–Kier alpha value is -3.05. The first-order chi connectivity index (χ1) is 15.2. The van der Waals surface area contributed by atoms with Crippen LogP contribution >= 0.6 is 11.8 Å². The molecule has 1 aromatic carbocycles. The third kappa shape index (κ3) is 7.27. The van der Waals surface area contributed by atoms with E-state index in [4.69, 9.17) is 11.5 Å². The smallest absolute Gasteiger partial charge is 0.326 e. The molecule has 1 heterocycles. The number of amides is 3. The zero-order valence-electron chi connectivity index (χ0n) is 17.8. The molecule has 0 bridgehead atoms. The third-order valence-corrected chi connectivity index (χ3v) is 5.64. The van der Waals surface area contributed by atoms with E-state index in [-0.39, 0.29) is 19.3 Å². The summed E-state index contributed by atoms with van der Waals surface area (Å²) in [6, 6.07) is 4.21. The van der Waals surface area contributed by atoms with E-state index in [9.17, 15) is 24.3 Å². The highest BCUT2D eigenvalue weighted by Gasteiger charge is 2.28. The number of nitrogens with one attached hydrogen (secondary N) is 3. The Bertz CT molecular complexity index is 963. The maximum absolute atomic E-state index is 12.8. The summed E-state index contributed by atoms with van der Waals surface area (Å²) in [7, 11) is 0. The van der Waals surface area contributed by atoms with E-state index in [1.54, 1.807) is 6.20 Å². The fourth-order valence-electron chi connectivity index (χ4n) is 3.20. The minimum Gasteiger partial charge on any atom is -0.480 e. The Morgan fingerprint density at radius 2 is 1.78 bits per heavy atom. The predicted octanol–water partition coefficient (Wildman–Crippen LogP) is 0.111. The highest BCUT2D eigenvalue weighted by molar-refractivity contribution is 7.98. The van der Waals surface area contributed by atoms with Crippen LogP contribution in [0, 0.1) is 0 Å². The van der Waals surface area contributed by atoms with Crippen molar-refractivity contribution in [1.29, 1.82) is 0 Å². The number of primary amides is 1. The van der Waals surface area contributed by atoms with Crippen LogP contribution in [0.1, 0.15) is 24.8 Å². The number of para-hydroxylation sites is 1. The van der Waals surface area contributed by atoms with Crippen LogP contribution in [0.15, 0.2) is 30.5 Å². The van der Waals surface area contributed by atoms with Crippen molar-refractivity contribution in [2.45, 2.75) is 43.8 Å². The second-order valence-corrected chi connectivity index (χ2v) is 8.40. The Labute approximate surface area is 189 Å². The van der Waals surface area contributed by atoms with Gasteiger partial charge in [0.15, 0.2) is 0 Å². The van der Waals surface area contributed by atoms with E-state index < -0.39 is 41.8 Å². The van der Waals surface area contributed by atoms with Crippen LogP contribution < -0.4 is 22.1 Å². The summed E-state index contributed by atoms with van der Waals surface area (Å²) in [5.74, 6) is -2.47. The lowest BCUT2D eigenvalue weighted by molar-refractivity contribution is -0.142. The van der Waals surface area contributed by atoms with Crippen molar-refractivity contribution in [1.82, 2.24) is 15.6 Å². The van der Waals surface area contributed by atoms with Crippen LogP contribution in [0.5, 0.6) is 0 Å². The molecule has 10 nitrogen and oxygen atoms in total. The number of H-pyrrole nitrogens is 1. The number of aromatic nitrogens is 1. The lowest BCUT2D eigenvalue weighted by Crippen LogP contribution is -2.55. The minimum absolute atomic E-state index is 0.0365. The summed E-state index contributed by atoms with van der Waals surface area (Å²) in [6.45, 7) is 0. The normalized spacial score (nSPS) is 13.8. The molecule has 11 heteroatoms. The molecule has 2 rings (SSSR count). The van der Waals surface area contributed by atoms with Crippen molar-refractivity contribution >= 4 is 46.4 Å². The van der Waals surface area contributed by atoms with Crippen LogP contribution in [-0.4, -0.2) is 63.9 Å². The Morgan fingerprint density at radius 1 is 1.09 bits per heavy atom. The highest BCUT2D eigenvalue weighted by Crippen LogP contribution is 2.19. The van der Waals surface area contributed by atoms with E-state index in [1.807, 2.05) is 30.5 Å². The van der Waals surface area contributed by atoms with E-state index in [0.717, 1.165) is 16.5 Å². The third-order valence-electron chi connectivity index (χ3n) is 5.00. The van der Waals surface area contributed by atoms with Crippen LogP contribution in [0.4, 0.5) is 0 Å².